The van der Waals surface area contributed by atoms with E-state index in [9.17, 15) is 37.5 Å². The number of anilines is 1. The van der Waals surface area contributed by atoms with Crippen LogP contribution in [0.3, 0.4) is 0 Å². The first-order valence-electron chi connectivity index (χ1n) is 10.5. The fourth-order valence-electron chi connectivity index (χ4n) is 4.33. The molecule has 2 heterocycles. The van der Waals surface area contributed by atoms with E-state index in [2.05, 4.69) is 0 Å². The van der Waals surface area contributed by atoms with E-state index in [-0.39, 0.29) is 22.4 Å². The van der Waals surface area contributed by atoms with Gasteiger partial charge in [0.05, 0.1) is 23.7 Å². The molecule has 2 atom stereocenters. The molecular formula is C23H20F3N3O6. The van der Waals surface area contributed by atoms with E-state index in [1.54, 1.807) is 0 Å². The third-order valence-corrected chi connectivity index (χ3v) is 6.24. The minimum Gasteiger partial charge on any atom is -0.481 e. The van der Waals surface area contributed by atoms with Gasteiger partial charge in [-0.25, -0.2) is 9.59 Å². The number of amides is 3. The van der Waals surface area contributed by atoms with Gasteiger partial charge >= 0.3 is 23.9 Å². The smallest absolute Gasteiger partial charge is 0.419 e. The molecule has 1 aromatic heterocycles. The second-order valence-corrected chi connectivity index (χ2v) is 8.26. The van der Waals surface area contributed by atoms with E-state index in [4.69, 9.17) is 4.42 Å². The summed E-state index contributed by atoms with van der Waals surface area (Å²) in [6.07, 6.45) is -4.65. The van der Waals surface area contributed by atoms with Gasteiger partial charge in [0, 0.05) is 18.8 Å². The van der Waals surface area contributed by atoms with Crippen molar-refractivity contribution in [3.05, 3.63) is 63.6 Å². The van der Waals surface area contributed by atoms with Gasteiger partial charge in [-0.3, -0.25) is 24.0 Å². The molecule has 1 fully saturated rings. The predicted octanol–water partition coefficient (Wildman–Crippen LogP) is 3.69. The number of carbonyl (C=O) groups is 3. The highest BCUT2D eigenvalue weighted by molar-refractivity contribution is 6.12. The summed E-state index contributed by atoms with van der Waals surface area (Å²) >= 11 is 0. The van der Waals surface area contributed by atoms with Gasteiger partial charge in [-0.2, -0.15) is 13.2 Å². The molecule has 3 aromatic rings. The first kappa shape index (κ1) is 24.0. The van der Waals surface area contributed by atoms with Crippen molar-refractivity contribution >= 4 is 34.7 Å². The van der Waals surface area contributed by atoms with Crippen molar-refractivity contribution in [2.75, 3.05) is 11.4 Å². The standard InChI is InChI=1S/C23H20F3N3O6/c1-11-14(5-4-6-16(11)23(24,25)26)12(2)29-19(30)15(20(31)32)10-28(21(29)33)13-7-8-17-18(9-13)35-22(34)27(17)3/h4-9,12,15H,10H2,1-3H3,(H,31,32)/t12-,15?/m0/s1. The molecule has 0 spiro atoms. The molecule has 12 heteroatoms. The molecule has 0 aliphatic carbocycles. The third kappa shape index (κ3) is 3.94. The molecule has 1 unspecified atom stereocenters. The Morgan fingerprint density at radius 3 is 2.49 bits per heavy atom. The molecule has 35 heavy (non-hydrogen) atoms. The number of oxazole rings is 1. The minimum absolute atomic E-state index is 0.0528. The lowest BCUT2D eigenvalue weighted by atomic mass is 9.94. The Morgan fingerprint density at radius 2 is 1.86 bits per heavy atom. The Morgan fingerprint density at radius 1 is 1.17 bits per heavy atom. The number of alkyl halides is 3. The van der Waals surface area contributed by atoms with Crippen LogP contribution in [0.25, 0.3) is 11.1 Å². The van der Waals surface area contributed by atoms with Crippen LogP contribution in [0.2, 0.25) is 0 Å². The van der Waals surface area contributed by atoms with E-state index in [0.29, 0.717) is 10.4 Å². The molecule has 9 nitrogen and oxygen atoms in total. The van der Waals surface area contributed by atoms with Crippen LogP contribution in [0.5, 0.6) is 0 Å². The zero-order valence-electron chi connectivity index (χ0n) is 18.8. The fraction of sp³-hybridized carbons (Fsp3) is 0.304. The van der Waals surface area contributed by atoms with Crippen LogP contribution in [0.15, 0.2) is 45.6 Å². The van der Waals surface area contributed by atoms with Gasteiger partial charge in [-0.05, 0) is 43.2 Å². The highest BCUT2D eigenvalue weighted by Gasteiger charge is 2.46. The van der Waals surface area contributed by atoms with Gasteiger partial charge in [0.25, 0.3) is 0 Å². The predicted molar refractivity (Wildman–Crippen MR) is 117 cm³/mol. The molecule has 1 aliphatic heterocycles. The van der Waals surface area contributed by atoms with Gasteiger partial charge in [0.2, 0.25) is 5.91 Å². The number of hydrogen-bond donors (Lipinski definition) is 1. The van der Waals surface area contributed by atoms with Crippen molar-refractivity contribution in [2.45, 2.75) is 26.1 Å². The number of rotatable bonds is 4. The number of benzene rings is 2. The molecule has 4 rings (SSSR count). The molecule has 2 aromatic carbocycles. The number of carboxylic acid groups (broad SMARTS) is 1. The van der Waals surface area contributed by atoms with Crippen LogP contribution >= 0.6 is 0 Å². The van der Waals surface area contributed by atoms with Gasteiger partial charge in [0.15, 0.2) is 11.5 Å². The van der Waals surface area contributed by atoms with Gasteiger partial charge in [0.1, 0.15) is 0 Å². The van der Waals surface area contributed by atoms with E-state index in [1.165, 1.54) is 55.8 Å². The minimum atomic E-state index is -4.65. The Kier molecular flexibility index (Phi) is 5.70. The average molecular weight is 491 g/mol. The summed E-state index contributed by atoms with van der Waals surface area (Å²) in [5.74, 6) is -4.82. The van der Waals surface area contributed by atoms with Crippen LogP contribution < -0.4 is 10.7 Å². The summed E-state index contributed by atoms with van der Waals surface area (Å²) in [6, 6.07) is 5.63. The molecule has 184 valence electrons. The second kappa shape index (κ2) is 8.29. The Labute approximate surface area is 195 Å². The van der Waals surface area contributed by atoms with E-state index in [0.717, 1.165) is 11.0 Å². The highest BCUT2D eigenvalue weighted by Crippen LogP contribution is 2.37. The molecule has 1 N–H and O–H groups in total. The van der Waals surface area contributed by atoms with E-state index >= 15 is 0 Å². The normalized spacial score (nSPS) is 17.8. The summed E-state index contributed by atoms with van der Waals surface area (Å²) in [6.45, 7) is 2.09. The van der Waals surface area contributed by atoms with Crippen LogP contribution in [-0.2, 0) is 22.8 Å². The SMILES string of the molecule is Cc1c([C@H](C)N2C(=O)C(C(=O)O)CN(c3ccc4c(c3)oc(=O)n4C)C2=O)cccc1C(F)(F)F. The number of halogens is 3. The van der Waals surface area contributed by atoms with Crippen molar-refractivity contribution in [3.8, 4) is 0 Å². The van der Waals surface area contributed by atoms with Crippen molar-refractivity contribution in [2.24, 2.45) is 13.0 Å². The van der Waals surface area contributed by atoms with E-state index < -0.39 is 53.9 Å². The Bertz CT molecular complexity index is 1420. The monoisotopic (exact) mass is 491 g/mol. The number of aromatic nitrogens is 1. The summed E-state index contributed by atoms with van der Waals surface area (Å²) < 4.78 is 46.7. The summed E-state index contributed by atoms with van der Waals surface area (Å²) in [5.41, 5.74) is -0.316. The number of urea groups is 1. The first-order valence-corrected chi connectivity index (χ1v) is 10.5. The number of aliphatic carboxylic acids is 1. The topological polar surface area (TPSA) is 113 Å². The van der Waals surface area contributed by atoms with Gasteiger partial charge in [-0.15, -0.1) is 0 Å². The van der Waals surface area contributed by atoms with Crippen LogP contribution in [-0.4, -0.2) is 39.0 Å². The van der Waals surface area contributed by atoms with Crippen LogP contribution in [0, 0.1) is 12.8 Å². The summed E-state index contributed by atoms with van der Waals surface area (Å²) in [5, 5.41) is 9.65. The fourth-order valence-corrected chi connectivity index (χ4v) is 4.33. The molecule has 0 saturated carbocycles. The molecule has 0 radical (unpaired) electrons. The van der Waals surface area contributed by atoms with E-state index in [1.807, 2.05) is 0 Å². The lowest BCUT2D eigenvalue weighted by Crippen LogP contribution is -2.59. The molecule has 1 saturated heterocycles. The van der Waals surface area contributed by atoms with Crippen molar-refractivity contribution < 1.29 is 37.1 Å². The Hall–Kier alpha value is -4.09. The van der Waals surface area contributed by atoms with Crippen molar-refractivity contribution in [1.29, 1.82) is 0 Å². The second-order valence-electron chi connectivity index (χ2n) is 8.26. The maximum Gasteiger partial charge on any atom is 0.419 e. The number of carboxylic acids is 1. The zero-order chi connectivity index (χ0) is 25.8. The van der Waals surface area contributed by atoms with Crippen molar-refractivity contribution in [1.82, 2.24) is 9.47 Å². The summed E-state index contributed by atoms with van der Waals surface area (Å²) in [4.78, 5) is 51.8. The number of hydrogen-bond acceptors (Lipinski definition) is 5. The van der Waals surface area contributed by atoms with Crippen LogP contribution in [0.1, 0.15) is 29.7 Å². The van der Waals surface area contributed by atoms with Gasteiger partial charge < -0.3 is 9.52 Å². The first-order chi connectivity index (χ1) is 16.3. The largest absolute Gasteiger partial charge is 0.481 e. The maximum atomic E-state index is 13.4. The lowest BCUT2D eigenvalue weighted by molar-refractivity contribution is -0.150. The number of aryl methyl sites for hydroxylation is 1. The zero-order valence-corrected chi connectivity index (χ0v) is 18.8. The number of fused-ring (bicyclic) bond motifs is 1. The molecule has 0 bridgehead atoms. The molecule has 3 amide bonds. The van der Waals surface area contributed by atoms with Crippen molar-refractivity contribution in [3.63, 3.8) is 0 Å². The number of imide groups is 1. The van der Waals surface area contributed by atoms with Gasteiger partial charge in [-0.1, -0.05) is 12.1 Å². The highest BCUT2D eigenvalue weighted by atomic mass is 19.4. The molecule has 1 aliphatic rings. The number of carbonyl (C=O) groups excluding carboxylic acids is 2. The maximum absolute atomic E-state index is 13.4. The number of nitrogens with zero attached hydrogens (tertiary/aromatic N) is 3. The molecular weight excluding hydrogens is 471 g/mol. The summed E-state index contributed by atoms with van der Waals surface area (Å²) in [7, 11) is 1.49. The third-order valence-electron chi connectivity index (χ3n) is 6.24. The Balaban J connectivity index is 1.80. The quantitative estimate of drug-likeness (QED) is 0.557. The average Bonchev–Trinajstić information content (AvgIpc) is 3.05. The lowest BCUT2D eigenvalue weighted by Gasteiger charge is -2.40. The van der Waals surface area contributed by atoms with Crippen LogP contribution in [0.4, 0.5) is 23.7 Å².